The summed E-state index contributed by atoms with van der Waals surface area (Å²) in [4.78, 5) is 0. The van der Waals surface area contributed by atoms with E-state index < -0.39 is 12.2 Å². The molecule has 5 nitrogen and oxygen atoms in total. The minimum absolute atomic E-state index is 0.291. The summed E-state index contributed by atoms with van der Waals surface area (Å²) in [6.45, 7) is 9.82. The zero-order valence-corrected chi connectivity index (χ0v) is 17.9. The number of aliphatic hydroxyl groups excluding tert-OH is 2. The van der Waals surface area contributed by atoms with E-state index in [2.05, 4.69) is 37.7 Å². The molecule has 0 unspecified atom stereocenters. The third-order valence-corrected chi connectivity index (χ3v) is 7.64. The van der Waals surface area contributed by atoms with E-state index in [1.165, 1.54) is 37.5 Å². The van der Waals surface area contributed by atoms with Gasteiger partial charge in [0, 0.05) is 13.0 Å². The molecule has 3 rings (SSSR count). The van der Waals surface area contributed by atoms with Crippen molar-refractivity contribution in [2.75, 3.05) is 13.2 Å². The molecule has 3 fully saturated rings. The lowest BCUT2D eigenvalue weighted by atomic mass is 9.61. The van der Waals surface area contributed by atoms with Gasteiger partial charge in [0.25, 0.3) is 0 Å². The highest BCUT2D eigenvalue weighted by Crippen LogP contribution is 2.59. The molecule has 0 bridgehead atoms. The normalized spacial score (nSPS) is 39.4. The molecule has 5 heteroatoms. The Balaban J connectivity index is 1.71. The number of allylic oxidation sites excluding steroid dienone is 3. The van der Waals surface area contributed by atoms with Gasteiger partial charge >= 0.3 is 0 Å². The largest absolute Gasteiger partial charge is 0.411 e. The third-order valence-electron chi connectivity index (χ3n) is 7.64. The third kappa shape index (κ3) is 4.84. The number of oxime groups is 1. The summed E-state index contributed by atoms with van der Waals surface area (Å²) in [6.07, 6.45) is 11.6. The Hall–Kier alpha value is -1.43. The quantitative estimate of drug-likeness (QED) is 0.268. The number of hydrogen-bond donors (Lipinski definition) is 3. The van der Waals surface area contributed by atoms with Gasteiger partial charge in [-0.05, 0) is 72.8 Å². The summed E-state index contributed by atoms with van der Waals surface area (Å²) in [6, 6.07) is 0. The highest BCUT2D eigenvalue weighted by Gasteiger charge is 2.50. The molecule has 0 amide bonds. The lowest BCUT2D eigenvalue weighted by Gasteiger charge is -2.44. The van der Waals surface area contributed by atoms with Crippen LogP contribution in [-0.4, -0.2) is 47.1 Å². The second-order valence-corrected chi connectivity index (χ2v) is 9.48. The van der Waals surface area contributed by atoms with Crippen molar-refractivity contribution in [3.63, 3.8) is 0 Å². The minimum Gasteiger partial charge on any atom is -0.411 e. The van der Waals surface area contributed by atoms with Gasteiger partial charge in [-0.2, -0.15) is 0 Å². The predicted octanol–water partition coefficient (Wildman–Crippen LogP) is 4.24. The first-order valence-electron chi connectivity index (χ1n) is 11.0. The van der Waals surface area contributed by atoms with Crippen LogP contribution in [0.2, 0.25) is 0 Å². The fourth-order valence-corrected chi connectivity index (χ4v) is 6.14. The smallest absolute Gasteiger partial charge is 0.0852 e. The van der Waals surface area contributed by atoms with Gasteiger partial charge in [-0.1, -0.05) is 43.3 Å². The van der Waals surface area contributed by atoms with E-state index in [1.54, 1.807) is 0 Å². The molecule has 0 saturated heterocycles. The predicted molar refractivity (Wildman–Crippen MR) is 115 cm³/mol. The Bertz CT molecular complexity index is 682. The zero-order valence-electron chi connectivity index (χ0n) is 17.9. The maximum absolute atomic E-state index is 10.1. The van der Waals surface area contributed by atoms with Crippen molar-refractivity contribution < 1.29 is 20.2 Å². The number of rotatable bonds is 6. The van der Waals surface area contributed by atoms with Crippen LogP contribution >= 0.6 is 0 Å². The van der Waals surface area contributed by atoms with Gasteiger partial charge in [-0.15, -0.1) is 0 Å². The van der Waals surface area contributed by atoms with Crippen LogP contribution in [0.1, 0.15) is 58.8 Å². The summed E-state index contributed by atoms with van der Waals surface area (Å²) in [7, 11) is 0. The van der Waals surface area contributed by atoms with Crippen molar-refractivity contribution in [2.45, 2.75) is 71.0 Å². The SMILES string of the molecule is C=C1/C(=C\C=C2/CCC[C@]3(C)[C@@H]([C@H](C)COC/C=N\O)CC[C@@H]23)C[C@@H](O)C[C@@H]1O. The molecule has 3 aliphatic rings. The van der Waals surface area contributed by atoms with E-state index in [-0.39, 0.29) is 0 Å². The Morgan fingerprint density at radius 2 is 2.10 bits per heavy atom. The summed E-state index contributed by atoms with van der Waals surface area (Å²) in [5.74, 6) is 1.69. The van der Waals surface area contributed by atoms with Crippen molar-refractivity contribution in [3.8, 4) is 0 Å². The molecular formula is C24H37NO4. The summed E-state index contributed by atoms with van der Waals surface area (Å²) in [5, 5.41) is 31.6. The van der Waals surface area contributed by atoms with Crippen LogP contribution in [0.5, 0.6) is 0 Å². The van der Waals surface area contributed by atoms with Crippen molar-refractivity contribution in [1.82, 2.24) is 0 Å². The first-order chi connectivity index (χ1) is 13.9. The standard InChI is InChI=1S/C24H37NO4/c1-16(15-29-12-11-25-28)21-8-9-22-18(5-4-10-24(21,22)3)6-7-19-13-20(26)14-23(27)17(19)2/h6-7,11,16,20-23,26-28H,2,4-5,8-10,12-15H2,1,3H3/b18-6+,19-7-,25-11-/t16-,20-,21-,22+,23+,24-/m1/s1. The van der Waals surface area contributed by atoms with Crippen LogP contribution in [0.3, 0.4) is 0 Å². The molecule has 0 aromatic carbocycles. The van der Waals surface area contributed by atoms with E-state index in [4.69, 9.17) is 9.94 Å². The van der Waals surface area contributed by atoms with Crippen molar-refractivity contribution in [1.29, 1.82) is 0 Å². The van der Waals surface area contributed by atoms with Crippen LogP contribution in [0, 0.1) is 23.2 Å². The van der Waals surface area contributed by atoms with Crippen molar-refractivity contribution >= 4 is 6.21 Å². The van der Waals surface area contributed by atoms with E-state index in [0.717, 1.165) is 17.6 Å². The maximum atomic E-state index is 10.1. The molecule has 0 aliphatic heterocycles. The monoisotopic (exact) mass is 403 g/mol. The molecule has 0 spiro atoms. The van der Waals surface area contributed by atoms with Gasteiger partial charge in [0.2, 0.25) is 0 Å². The number of hydrogen-bond acceptors (Lipinski definition) is 5. The van der Waals surface area contributed by atoms with Crippen LogP contribution in [0.4, 0.5) is 0 Å². The van der Waals surface area contributed by atoms with Gasteiger partial charge in [-0.3, -0.25) is 0 Å². The highest BCUT2D eigenvalue weighted by molar-refractivity contribution is 5.57. The Morgan fingerprint density at radius 3 is 2.86 bits per heavy atom. The molecule has 0 aromatic heterocycles. The molecule has 0 radical (unpaired) electrons. The molecule has 162 valence electrons. The molecule has 3 saturated carbocycles. The molecule has 0 heterocycles. The van der Waals surface area contributed by atoms with Crippen molar-refractivity contribution in [2.24, 2.45) is 28.3 Å². The van der Waals surface area contributed by atoms with Crippen LogP contribution in [-0.2, 0) is 4.74 Å². The highest BCUT2D eigenvalue weighted by atomic mass is 16.5. The number of fused-ring (bicyclic) bond motifs is 1. The van der Waals surface area contributed by atoms with E-state index >= 15 is 0 Å². The van der Waals surface area contributed by atoms with Gasteiger partial charge < -0.3 is 20.2 Å². The Labute approximate surface area is 174 Å². The molecule has 0 aromatic rings. The minimum atomic E-state index is -0.632. The van der Waals surface area contributed by atoms with Crippen LogP contribution in [0.25, 0.3) is 0 Å². The maximum Gasteiger partial charge on any atom is 0.0852 e. The lowest BCUT2D eigenvalue weighted by molar-refractivity contribution is 0.0461. The fourth-order valence-electron chi connectivity index (χ4n) is 6.14. The van der Waals surface area contributed by atoms with Gasteiger partial charge in [0.1, 0.15) is 0 Å². The lowest BCUT2D eigenvalue weighted by Crippen LogP contribution is -2.37. The van der Waals surface area contributed by atoms with Crippen LogP contribution < -0.4 is 0 Å². The first-order valence-corrected chi connectivity index (χ1v) is 11.0. The number of ether oxygens (including phenoxy) is 1. The zero-order chi connectivity index (χ0) is 21.0. The topological polar surface area (TPSA) is 82.3 Å². The van der Waals surface area contributed by atoms with E-state index in [9.17, 15) is 10.2 Å². The number of nitrogens with zero attached hydrogens (tertiary/aromatic N) is 1. The molecule has 29 heavy (non-hydrogen) atoms. The molecule has 3 aliphatic carbocycles. The van der Waals surface area contributed by atoms with Crippen LogP contribution in [0.15, 0.2) is 40.6 Å². The molecule has 6 atom stereocenters. The van der Waals surface area contributed by atoms with E-state index in [0.29, 0.717) is 49.2 Å². The van der Waals surface area contributed by atoms with E-state index in [1.807, 2.05) is 0 Å². The van der Waals surface area contributed by atoms with Gasteiger partial charge in [0.05, 0.1) is 25.0 Å². The van der Waals surface area contributed by atoms with Crippen molar-refractivity contribution in [3.05, 3.63) is 35.5 Å². The summed E-state index contributed by atoms with van der Waals surface area (Å²) < 4.78 is 5.67. The Kier molecular flexibility index (Phi) is 7.36. The summed E-state index contributed by atoms with van der Waals surface area (Å²) >= 11 is 0. The summed E-state index contributed by atoms with van der Waals surface area (Å²) in [5.41, 5.74) is 3.54. The fraction of sp³-hybridized carbons (Fsp3) is 0.708. The first kappa shape index (κ1) is 22.3. The average Bonchev–Trinajstić information content (AvgIpc) is 3.04. The second-order valence-electron chi connectivity index (χ2n) is 9.48. The van der Waals surface area contributed by atoms with Gasteiger partial charge in [-0.25, -0.2) is 0 Å². The Morgan fingerprint density at radius 1 is 1.31 bits per heavy atom. The van der Waals surface area contributed by atoms with Gasteiger partial charge in [0.15, 0.2) is 0 Å². The second kappa shape index (κ2) is 9.59. The molecule has 3 N–H and O–H groups in total. The average molecular weight is 404 g/mol. The molecular weight excluding hydrogens is 366 g/mol. The number of aliphatic hydroxyl groups is 2.